The number of likely N-dealkylation sites (tertiary alicyclic amines) is 1. The van der Waals surface area contributed by atoms with Gasteiger partial charge in [-0.1, -0.05) is 25.2 Å². The number of nitro groups is 1. The molecule has 23 heavy (non-hydrogen) atoms. The van der Waals surface area contributed by atoms with E-state index in [4.69, 9.17) is 0 Å². The molecule has 3 rings (SSSR count). The highest BCUT2D eigenvalue weighted by molar-refractivity contribution is 7.15. The lowest BCUT2D eigenvalue weighted by molar-refractivity contribution is -0.389. The summed E-state index contributed by atoms with van der Waals surface area (Å²) in [6, 6.07) is 0.107. The van der Waals surface area contributed by atoms with Crippen LogP contribution in [0.4, 0.5) is 11.6 Å². The van der Waals surface area contributed by atoms with E-state index >= 15 is 0 Å². The fraction of sp³-hybridized carbons (Fsp3) is 0.667. The van der Waals surface area contributed by atoms with Gasteiger partial charge in [0.1, 0.15) is 6.20 Å². The third-order valence-corrected chi connectivity index (χ3v) is 5.03. The number of aromatic nitrogens is 2. The number of nitrogens with one attached hydrogen (secondary N) is 1. The van der Waals surface area contributed by atoms with E-state index in [1.165, 1.54) is 22.2 Å². The van der Waals surface area contributed by atoms with Crippen molar-refractivity contribution in [3.63, 3.8) is 0 Å². The fourth-order valence-corrected chi connectivity index (χ4v) is 4.36. The van der Waals surface area contributed by atoms with Gasteiger partial charge >= 0.3 is 5.82 Å². The zero-order chi connectivity index (χ0) is 16.6. The Morgan fingerprint density at radius 1 is 1.48 bits per heavy atom. The first-order chi connectivity index (χ1) is 10.9. The maximum Gasteiger partial charge on any atom is 0.372 e. The summed E-state index contributed by atoms with van der Waals surface area (Å²) < 4.78 is 1.53. The summed E-state index contributed by atoms with van der Waals surface area (Å²) in [5.41, 5.74) is 0. The molecule has 1 aliphatic rings. The van der Waals surface area contributed by atoms with Gasteiger partial charge < -0.3 is 20.3 Å². The Morgan fingerprint density at radius 3 is 2.83 bits per heavy atom. The van der Waals surface area contributed by atoms with Crippen LogP contribution in [0.25, 0.3) is 4.96 Å². The molecule has 1 N–H and O–H groups in total. The Kier molecular flexibility index (Phi) is 4.54. The molecule has 1 saturated heterocycles. The maximum atomic E-state index is 11.4. The highest BCUT2D eigenvalue weighted by Gasteiger charge is 2.27. The van der Waals surface area contributed by atoms with E-state index in [1.54, 1.807) is 11.6 Å². The second kappa shape index (κ2) is 6.45. The Morgan fingerprint density at radius 2 is 2.17 bits per heavy atom. The van der Waals surface area contributed by atoms with Crippen LogP contribution in [0, 0.1) is 22.0 Å². The Balaban J connectivity index is 1.70. The normalized spacial score (nSPS) is 24.0. The predicted octanol–water partition coefficient (Wildman–Crippen LogP) is 3.08. The summed E-state index contributed by atoms with van der Waals surface area (Å²) in [7, 11) is 0. The number of imidazole rings is 1. The van der Waals surface area contributed by atoms with Crippen molar-refractivity contribution in [3.8, 4) is 0 Å². The van der Waals surface area contributed by atoms with Gasteiger partial charge in [0.05, 0.1) is 0 Å². The first kappa shape index (κ1) is 16.2. The lowest BCUT2D eigenvalue weighted by atomic mass is 9.92. The van der Waals surface area contributed by atoms with Crippen molar-refractivity contribution < 1.29 is 4.92 Å². The summed E-state index contributed by atoms with van der Waals surface area (Å²) in [4.78, 5) is 18.4. The summed E-state index contributed by atoms with van der Waals surface area (Å²) in [5, 5.41) is 16.4. The van der Waals surface area contributed by atoms with Crippen molar-refractivity contribution >= 4 is 27.9 Å². The molecule has 2 aromatic rings. The van der Waals surface area contributed by atoms with Crippen molar-refractivity contribution in [1.82, 2.24) is 14.3 Å². The maximum absolute atomic E-state index is 11.4. The Bertz CT molecular complexity index is 687. The first-order valence-electron chi connectivity index (χ1n) is 8.03. The van der Waals surface area contributed by atoms with Crippen molar-refractivity contribution in [2.75, 3.05) is 25.0 Å². The minimum Gasteiger partial charge on any atom is -0.359 e. The average Bonchev–Trinajstić information content (AvgIpc) is 2.96. The average molecular weight is 337 g/mol. The van der Waals surface area contributed by atoms with Gasteiger partial charge in [0.2, 0.25) is 5.82 Å². The molecule has 8 heteroatoms. The van der Waals surface area contributed by atoms with Gasteiger partial charge in [-0.05, 0) is 30.1 Å². The van der Waals surface area contributed by atoms with E-state index in [9.17, 15) is 10.1 Å². The summed E-state index contributed by atoms with van der Waals surface area (Å²) in [5.74, 6) is 1.80. The topological polar surface area (TPSA) is 75.7 Å². The quantitative estimate of drug-likeness (QED) is 0.670. The molecular weight excluding hydrogens is 314 g/mol. The van der Waals surface area contributed by atoms with Gasteiger partial charge in [-0.15, -0.1) is 0 Å². The van der Waals surface area contributed by atoms with Gasteiger partial charge in [-0.3, -0.25) is 0 Å². The SMILES string of the molecule is C[C@@H]1C[C@H](C)CN(C[C@@H](C)Nc2nc3sccn3c2[N+](=O)[O-])C1. The van der Waals surface area contributed by atoms with Crippen molar-refractivity contribution in [3.05, 3.63) is 21.7 Å². The fourth-order valence-electron chi connectivity index (χ4n) is 3.65. The van der Waals surface area contributed by atoms with E-state index in [0.29, 0.717) is 22.6 Å². The molecule has 0 spiro atoms. The monoisotopic (exact) mass is 337 g/mol. The molecule has 2 aromatic heterocycles. The second-order valence-electron chi connectivity index (χ2n) is 6.81. The van der Waals surface area contributed by atoms with Crippen LogP contribution in [0.1, 0.15) is 27.2 Å². The van der Waals surface area contributed by atoms with Crippen molar-refractivity contribution in [2.24, 2.45) is 11.8 Å². The van der Waals surface area contributed by atoms with Crippen molar-refractivity contribution in [1.29, 1.82) is 0 Å². The lowest BCUT2D eigenvalue weighted by Crippen LogP contribution is -2.43. The largest absolute Gasteiger partial charge is 0.372 e. The van der Waals surface area contributed by atoms with E-state index in [0.717, 1.165) is 19.6 Å². The molecule has 0 radical (unpaired) electrons. The van der Waals surface area contributed by atoms with Gasteiger partial charge in [0.25, 0.3) is 4.96 Å². The molecule has 1 fully saturated rings. The lowest BCUT2D eigenvalue weighted by Gasteiger charge is -2.36. The number of anilines is 1. The Hall–Kier alpha value is -1.67. The zero-order valence-electron chi connectivity index (χ0n) is 13.7. The molecular formula is C15H23N5O2S. The molecule has 0 saturated carbocycles. The van der Waals surface area contributed by atoms with Crippen LogP contribution in [-0.4, -0.2) is 44.9 Å². The molecule has 0 bridgehead atoms. The molecule has 3 atom stereocenters. The molecule has 1 aliphatic heterocycles. The smallest absolute Gasteiger partial charge is 0.359 e. The van der Waals surface area contributed by atoms with Crippen LogP contribution in [-0.2, 0) is 0 Å². The van der Waals surface area contributed by atoms with Crippen LogP contribution in [0.5, 0.6) is 0 Å². The zero-order valence-corrected chi connectivity index (χ0v) is 14.5. The van der Waals surface area contributed by atoms with Crippen LogP contribution >= 0.6 is 11.3 Å². The summed E-state index contributed by atoms with van der Waals surface area (Å²) >= 11 is 1.40. The number of hydrogen-bond acceptors (Lipinski definition) is 6. The van der Waals surface area contributed by atoms with E-state index in [-0.39, 0.29) is 16.8 Å². The van der Waals surface area contributed by atoms with Gasteiger partial charge in [-0.2, -0.15) is 9.38 Å². The predicted molar refractivity (Wildman–Crippen MR) is 92.2 cm³/mol. The van der Waals surface area contributed by atoms with Gasteiger partial charge in [-0.25, -0.2) is 0 Å². The minimum absolute atomic E-state index is 0.0217. The highest BCUT2D eigenvalue weighted by Crippen LogP contribution is 2.29. The third kappa shape index (κ3) is 3.48. The second-order valence-corrected chi connectivity index (χ2v) is 7.68. The number of rotatable bonds is 5. The molecule has 7 nitrogen and oxygen atoms in total. The molecule has 0 amide bonds. The molecule has 126 valence electrons. The molecule has 0 aliphatic carbocycles. The van der Waals surface area contributed by atoms with Crippen LogP contribution in [0.2, 0.25) is 0 Å². The summed E-state index contributed by atoms with van der Waals surface area (Å²) in [6.07, 6.45) is 2.97. The standard InChI is InChI=1S/C15H23N5O2S/c1-10-6-11(2)8-18(7-10)9-12(3)16-13-14(20(21)22)19-4-5-23-15(19)17-13/h4-5,10-12,16H,6-9H2,1-3H3/t10-,11+,12-/m1/s1. The number of piperidine rings is 1. The van der Waals surface area contributed by atoms with E-state index in [1.807, 2.05) is 0 Å². The van der Waals surface area contributed by atoms with Crippen molar-refractivity contribution in [2.45, 2.75) is 33.2 Å². The van der Waals surface area contributed by atoms with E-state index < -0.39 is 0 Å². The number of thiazole rings is 1. The van der Waals surface area contributed by atoms with Crippen LogP contribution in [0.3, 0.4) is 0 Å². The van der Waals surface area contributed by atoms with Crippen LogP contribution < -0.4 is 5.32 Å². The minimum atomic E-state index is -0.368. The number of nitrogens with zero attached hydrogens (tertiary/aromatic N) is 4. The Labute approximate surface area is 139 Å². The number of fused-ring (bicyclic) bond motifs is 1. The molecule has 3 heterocycles. The van der Waals surface area contributed by atoms with Crippen LogP contribution in [0.15, 0.2) is 11.6 Å². The first-order valence-corrected chi connectivity index (χ1v) is 8.90. The van der Waals surface area contributed by atoms with Gasteiger partial charge in [0.15, 0.2) is 0 Å². The van der Waals surface area contributed by atoms with Gasteiger partial charge in [0, 0.05) is 31.1 Å². The summed E-state index contributed by atoms with van der Waals surface area (Å²) in [6.45, 7) is 9.69. The highest BCUT2D eigenvalue weighted by atomic mass is 32.1. The van der Waals surface area contributed by atoms with E-state index in [2.05, 4.69) is 36.0 Å². The third-order valence-electron chi connectivity index (χ3n) is 4.27. The number of hydrogen-bond donors (Lipinski definition) is 1. The molecule has 0 aromatic carbocycles. The molecule has 0 unspecified atom stereocenters.